The summed E-state index contributed by atoms with van der Waals surface area (Å²) < 4.78 is 5.54. The molecule has 0 N–H and O–H groups in total. The summed E-state index contributed by atoms with van der Waals surface area (Å²) in [5, 5.41) is 8.80. The molecular weight excluding hydrogens is 234 g/mol. The summed E-state index contributed by atoms with van der Waals surface area (Å²) in [6, 6.07) is 19.7. The molecule has 94 valence electrons. The Morgan fingerprint density at radius 2 is 1.89 bits per heavy atom. The maximum Gasteiger partial charge on any atom is 0.0991 e. The third-order valence-electron chi connectivity index (χ3n) is 2.65. The smallest absolute Gasteiger partial charge is 0.0991 e. The van der Waals surface area contributed by atoms with E-state index in [1.165, 1.54) is 0 Å². The summed E-state index contributed by atoms with van der Waals surface area (Å²) in [4.78, 5) is 0. The molecule has 0 heterocycles. The van der Waals surface area contributed by atoms with Gasteiger partial charge in [0, 0.05) is 0 Å². The summed E-state index contributed by atoms with van der Waals surface area (Å²) >= 11 is 0. The molecule has 0 fully saturated rings. The average molecular weight is 249 g/mol. The highest BCUT2D eigenvalue weighted by atomic mass is 16.5. The first-order valence-electron chi connectivity index (χ1n) is 6.17. The lowest BCUT2D eigenvalue weighted by Crippen LogP contribution is -1.93. The Morgan fingerprint density at radius 3 is 2.68 bits per heavy atom. The van der Waals surface area contributed by atoms with Crippen LogP contribution < -0.4 is 0 Å². The molecule has 0 saturated heterocycles. The predicted octanol–water partition coefficient (Wildman–Crippen LogP) is 3.79. The van der Waals surface area contributed by atoms with Gasteiger partial charge in [0.1, 0.15) is 0 Å². The molecule has 0 saturated carbocycles. The van der Waals surface area contributed by atoms with E-state index in [-0.39, 0.29) is 0 Å². The van der Waals surface area contributed by atoms with Gasteiger partial charge in [-0.15, -0.1) is 0 Å². The zero-order valence-electron chi connectivity index (χ0n) is 10.6. The standard InChI is InChI=1S/C17H15NO/c18-13-16-8-4-9-17(12-16)14-19-11-5-10-15-6-2-1-3-7-15/h1-10,12H,11,14H2/b10-5+. The van der Waals surface area contributed by atoms with Crippen molar-refractivity contribution >= 4 is 6.08 Å². The van der Waals surface area contributed by atoms with Gasteiger partial charge in [-0.3, -0.25) is 0 Å². The Hall–Kier alpha value is -2.37. The van der Waals surface area contributed by atoms with E-state index in [1.807, 2.05) is 60.7 Å². The van der Waals surface area contributed by atoms with Crippen molar-refractivity contribution in [1.82, 2.24) is 0 Å². The van der Waals surface area contributed by atoms with Crippen LogP contribution in [0.15, 0.2) is 60.7 Å². The third kappa shape index (κ3) is 4.42. The zero-order valence-corrected chi connectivity index (χ0v) is 10.6. The fourth-order valence-corrected chi connectivity index (χ4v) is 1.72. The van der Waals surface area contributed by atoms with E-state index in [9.17, 15) is 0 Å². The van der Waals surface area contributed by atoms with Crippen LogP contribution in [0.3, 0.4) is 0 Å². The van der Waals surface area contributed by atoms with Gasteiger partial charge in [-0.2, -0.15) is 5.26 Å². The summed E-state index contributed by atoms with van der Waals surface area (Å²) in [7, 11) is 0. The maximum atomic E-state index is 8.80. The van der Waals surface area contributed by atoms with Crippen molar-refractivity contribution in [3.05, 3.63) is 77.4 Å². The van der Waals surface area contributed by atoms with Crippen molar-refractivity contribution in [2.24, 2.45) is 0 Å². The molecule has 0 aliphatic carbocycles. The highest BCUT2D eigenvalue weighted by molar-refractivity contribution is 5.48. The lowest BCUT2D eigenvalue weighted by molar-refractivity contribution is 0.149. The molecule has 2 heteroatoms. The molecule has 2 aromatic carbocycles. The first-order chi connectivity index (χ1) is 9.38. The first kappa shape index (κ1) is 13.1. The summed E-state index contributed by atoms with van der Waals surface area (Å²) in [5.74, 6) is 0. The van der Waals surface area contributed by atoms with Gasteiger partial charge in [-0.05, 0) is 23.3 Å². The number of hydrogen-bond donors (Lipinski definition) is 0. The highest BCUT2D eigenvalue weighted by Crippen LogP contribution is 2.06. The lowest BCUT2D eigenvalue weighted by Gasteiger charge is -2.01. The van der Waals surface area contributed by atoms with E-state index in [2.05, 4.69) is 6.07 Å². The second-order valence-electron chi connectivity index (χ2n) is 4.14. The minimum Gasteiger partial charge on any atom is -0.373 e. The molecule has 0 unspecified atom stereocenters. The monoisotopic (exact) mass is 249 g/mol. The van der Waals surface area contributed by atoms with Crippen LogP contribution in [0.25, 0.3) is 6.08 Å². The van der Waals surface area contributed by atoms with Crippen LogP contribution in [0.1, 0.15) is 16.7 Å². The van der Waals surface area contributed by atoms with Crippen LogP contribution in [-0.4, -0.2) is 6.61 Å². The van der Waals surface area contributed by atoms with Crippen LogP contribution in [0, 0.1) is 11.3 Å². The Morgan fingerprint density at radius 1 is 1.05 bits per heavy atom. The first-order valence-corrected chi connectivity index (χ1v) is 6.17. The molecule has 0 aliphatic heterocycles. The lowest BCUT2D eigenvalue weighted by atomic mass is 10.1. The van der Waals surface area contributed by atoms with Gasteiger partial charge in [0.15, 0.2) is 0 Å². The van der Waals surface area contributed by atoms with E-state index in [0.29, 0.717) is 18.8 Å². The van der Waals surface area contributed by atoms with Gasteiger partial charge in [0.05, 0.1) is 24.8 Å². The third-order valence-corrected chi connectivity index (χ3v) is 2.65. The number of nitrogens with zero attached hydrogens (tertiary/aromatic N) is 1. The Kier molecular flexibility index (Phi) is 4.92. The Balaban J connectivity index is 1.78. The Bertz CT molecular complexity index is 582. The molecule has 2 nitrogen and oxygen atoms in total. The van der Waals surface area contributed by atoms with Gasteiger partial charge in [-0.25, -0.2) is 0 Å². The minimum absolute atomic E-state index is 0.522. The molecule has 2 aromatic rings. The van der Waals surface area contributed by atoms with E-state index in [4.69, 9.17) is 10.00 Å². The Labute approximate surface area is 113 Å². The van der Waals surface area contributed by atoms with Crippen LogP contribution in [-0.2, 0) is 11.3 Å². The second-order valence-corrected chi connectivity index (χ2v) is 4.14. The minimum atomic E-state index is 0.522. The quantitative estimate of drug-likeness (QED) is 0.755. The number of hydrogen-bond acceptors (Lipinski definition) is 2. The van der Waals surface area contributed by atoms with Crippen LogP contribution in [0.4, 0.5) is 0 Å². The average Bonchev–Trinajstić information content (AvgIpc) is 2.48. The van der Waals surface area contributed by atoms with Crippen molar-refractivity contribution < 1.29 is 4.74 Å². The molecular formula is C17H15NO. The molecule has 0 spiro atoms. The zero-order chi connectivity index (χ0) is 13.3. The summed E-state index contributed by atoms with van der Waals surface area (Å²) in [6.45, 7) is 1.08. The molecule has 0 radical (unpaired) electrons. The summed E-state index contributed by atoms with van der Waals surface area (Å²) in [6.07, 6.45) is 4.02. The van der Waals surface area contributed by atoms with Crippen molar-refractivity contribution in [3.63, 3.8) is 0 Å². The second kappa shape index (κ2) is 7.15. The van der Waals surface area contributed by atoms with Gasteiger partial charge in [0.2, 0.25) is 0 Å². The van der Waals surface area contributed by atoms with Crippen LogP contribution in [0.2, 0.25) is 0 Å². The van der Waals surface area contributed by atoms with Crippen molar-refractivity contribution in [3.8, 4) is 6.07 Å². The van der Waals surface area contributed by atoms with Crippen LogP contribution >= 0.6 is 0 Å². The van der Waals surface area contributed by atoms with Crippen LogP contribution in [0.5, 0.6) is 0 Å². The van der Waals surface area contributed by atoms with E-state index in [0.717, 1.165) is 11.1 Å². The van der Waals surface area contributed by atoms with E-state index < -0.39 is 0 Å². The fourth-order valence-electron chi connectivity index (χ4n) is 1.72. The highest BCUT2D eigenvalue weighted by Gasteiger charge is 1.94. The van der Waals surface area contributed by atoms with E-state index in [1.54, 1.807) is 6.07 Å². The van der Waals surface area contributed by atoms with Crippen molar-refractivity contribution in [1.29, 1.82) is 5.26 Å². The SMILES string of the molecule is N#Cc1cccc(COC/C=C/c2ccccc2)c1. The number of ether oxygens (including phenoxy) is 1. The summed E-state index contributed by atoms with van der Waals surface area (Å²) in [5.41, 5.74) is 2.85. The number of nitriles is 1. The largest absolute Gasteiger partial charge is 0.373 e. The number of rotatable bonds is 5. The molecule has 0 amide bonds. The normalized spacial score (nSPS) is 10.5. The number of benzene rings is 2. The maximum absolute atomic E-state index is 8.80. The van der Waals surface area contributed by atoms with Crippen molar-refractivity contribution in [2.75, 3.05) is 6.61 Å². The molecule has 0 aromatic heterocycles. The van der Waals surface area contributed by atoms with Gasteiger partial charge < -0.3 is 4.74 Å². The molecule has 0 atom stereocenters. The molecule has 2 rings (SSSR count). The molecule has 0 aliphatic rings. The van der Waals surface area contributed by atoms with Crippen molar-refractivity contribution in [2.45, 2.75) is 6.61 Å². The molecule has 19 heavy (non-hydrogen) atoms. The topological polar surface area (TPSA) is 33.0 Å². The predicted molar refractivity (Wildman–Crippen MR) is 76.3 cm³/mol. The van der Waals surface area contributed by atoms with Gasteiger partial charge in [-0.1, -0.05) is 54.6 Å². The fraction of sp³-hybridized carbons (Fsp3) is 0.118. The molecule has 0 bridgehead atoms. The van der Waals surface area contributed by atoms with Gasteiger partial charge >= 0.3 is 0 Å². The van der Waals surface area contributed by atoms with E-state index >= 15 is 0 Å². The van der Waals surface area contributed by atoms with Gasteiger partial charge in [0.25, 0.3) is 0 Å².